The lowest BCUT2D eigenvalue weighted by Gasteiger charge is -2.15. The van der Waals surface area contributed by atoms with Gasteiger partial charge in [0, 0.05) is 10.0 Å². The zero-order valence-electron chi connectivity index (χ0n) is 6.84. The molecule has 3 nitrogen and oxygen atoms in total. The highest BCUT2D eigenvalue weighted by Gasteiger charge is 2.26. The molecule has 0 spiro atoms. The first-order valence-corrected chi connectivity index (χ1v) is 4.56. The lowest BCUT2D eigenvalue weighted by atomic mass is 10.0. The molecule has 1 aromatic carbocycles. The molecule has 0 unspecified atom stereocenters. The van der Waals surface area contributed by atoms with Crippen LogP contribution in [0.15, 0.2) is 12.1 Å². The van der Waals surface area contributed by atoms with Crippen molar-refractivity contribution in [1.29, 1.82) is 0 Å². The summed E-state index contributed by atoms with van der Waals surface area (Å²) in [5, 5.41) is 0.664. The molecule has 1 aromatic rings. The fraction of sp³-hybridized carbons (Fsp3) is 0.111. The molecule has 0 aliphatic carbocycles. The summed E-state index contributed by atoms with van der Waals surface area (Å²) >= 11 is 11.5. The van der Waals surface area contributed by atoms with Crippen LogP contribution in [0.5, 0.6) is 0 Å². The largest absolute Gasteiger partial charge is 0.389 e. The first-order valence-electron chi connectivity index (χ1n) is 3.81. The first-order chi connectivity index (χ1) is 6.58. The third kappa shape index (κ3) is 1.49. The molecule has 0 fully saturated rings. The van der Waals surface area contributed by atoms with E-state index < -0.39 is 11.9 Å². The van der Waals surface area contributed by atoms with Gasteiger partial charge in [-0.05, 0) is 17.7 Å². The predicted molar refractivity (Wildman–Crippen MR) is 50.6 cm³/mol. The summed E-state index contributed by atoms with van der Waals surface area (Å²) in [7, 11) is 0. The zero-order chi connectivity index (χ0) is 10.3. The zero-order valence-corrected chi connectivity index (χ0v) is 8.35. The number of halogens is 2. The molecule has 0 saturated heterocycles. The highest BCUT2D eigenvalue weighted by atomic mass is 35.5. The number of benzene rings is 1. The van der Waals surface area contributed by atoms with E-state index in [1.54, 1.807) is 0 Å². The average Bonchev–Trinajstić information content (AvgIpc) is 2.07. The lowest BCUT2D eigenvalue weighted by Crippen LogP contribution is -2.23. The molecule has 0 atom stereocenters. The molecule has 0 radical (unpaired) electrons. The van der Waals surface area contributed by atoms with E-state index in [-0.39, 0.29) is 12.0 Å². The molecule has 0 N–H and O–H groups in total. The van der Waals surface area contributed by atoms with E-state index in [0.717, 1.165) is 0 Å². The van der Waals surface area contributed by atoms with Crippen LogP contribution in [-0.2, 0) is 16.0 Å². The Bertz CT molecular complexity index is 440. The third-order valence-electron chi connectivity index (χ3n) is 1.91. The van der Waals surface area contributed by atoms with E-state index in [1.165, 1.54) is 12.1 Å². The van der Waals surface area contributed by atoms with Gasteiger partial charge in [-0.3, -0.25) is 4.79 Å². The molecule has 1 aliphatic heterocycles. The van der Waals surface area contributed by atoms with Crippen molar-refractivity contribution in [2.45, 2.75) is 6.42 Å². The van der Waals surface area contributed by atoms with Crippen molar-refractivity contribution >= 4 is 35.1 Å². The number of cyclic esters (lactones) is 2. The van der Waals surface area contributed by atoms with Crippen molar-refractivity contribution in [2.24, 2.45) is 0 Å². The molecule has 0 saturated carbocycles. The highest BCUT2D eigenvalue weighted by molar-refractivity contribution is 6.36. The van der Waals surface area contributed by atoms with Gasteiger partial charge in [0.1, 0.15) is 0 Å². The summed E-state index contributed by atoms with van der Waals surface area (Å²) in [6.07, 6.45) is 0.0110. The maximum atomic E-state index is 11.2. The molecule has 2 rings (SSSR count). The van der Waals surface area contributed by atoms with Crippen LogP contribution in [0.4, 0.5) is 0 Å². The van der Waals surface area contributed by atoms with Crippen molar-refractivity contribution in [3.63, 3.8) is 0 Å². The van der Waals surface area contributed by atoms with Gasteiger partial charge in [-0.1, -0.05) is 23.2 Å². The number of hydrogen-bond acceptors (Lipinski definition) is 3. The van der Waals surface area contributed by atoms with Gasteiger partial charge in [0.05, 0.1) is 12.0 Å². The van der Waals surface area contributed by atoms with Crippen LogP contribution in [0, 0.1) is 0 Å². The number of rotatable bonds is 0. The molecule has 14 heavy (non-hydrogen) atoms. The number of ether oxygens (including phenoxy) is 1. The average molecular weight is 231 g/mol. The maximum absolute atomic E-state index is 11.2. The summed E-state index contributed by atoms with van der Waals surface area (Å²) in [5.41, 5.74) is 0.749. The second kappa shape index (κ2) is 3.26. The van der Waals surface area contributed by atoms with Gasteiger partial charge in [0.15, 0.2) is 0 Å². The van der Waals surface area contributed by atoms with E-state index in [4.69, 9.17) is 23.2 Å². The van der Waals surface area contributed by atoms with Gasteiger partial charge in [-0.15, -0.1) is 0 Å². The molecule has 0 aromatic heterocycles. The third-order valence-corrected chi connectivity index (χ3v) is 2.46. The number of carbonyl (C=O) groups excluding carboxylic acids is 2. The molecular formula is C9H4Cl2O3. The van der Waals surface area contributed by atoms with E-state index in [9.17, 15) is 9.59 Å². The van der Waals surface area contributed by atoms with Crippen LogP contribution in [0.2, 0.25) is 10.0 Å². The quantitative estimate of drug-likeness (QED) is 0.508. The van der Waals surface area contributed by atoms with Gasteiger partial charge in [0.2, 0.25) is 0 Å². The molecule has 0 amide bonds. The molecule has 0 bridgehead atoms. The minimum Gasteiger partial charge on any atom is -0.389 e. The van der Waals surface area contributed by atoms with E-state index in [2.05, 4.69) is 4.74 Å². The minimum atomic E-state index is -0.694. The molecular weight excluding hydrogens is 227 g/mol. The van der Waals surface area contributed by atoms with Gasteiger partial charge in [-0.25, -0.2) is 4.79 Å². The summed E-state index contributed by atoms with van der Waals surface area (Å²) in [5.74, 6) is -1.28. The Morgan fingerprint density at radius 3 is 2.64 bits per heavy atom. The number of fused-ring (bicyclic) bond motifs is 1. The minimum absolute atomic E-state index is 0.0110. The fourth-order valence-corrected chi connectivity index (χ4v) is 1.86. The Morgan fingerprint density at radius 1 is 1.21 bits per heavy atom. The summed E-state index contributed by atoms with van der Waals surface area (Å²) in [6, 6.07) is 2.94. The predicted octanol–water partition coefficient (Wildman–Crippen LogP) is 2.23. The van der Waals surface area contributed by atoms with Gasteiger partial charge >= 0.3 is 11.9 Å². The number of carbonyl (C=O) groups is 2. The summed E-state index contributed by atoms with van der Waals surface area (Å²) < 4.78 is 4.43. The molecule has 72 valence electrons. The Hall–Kier alpha value is -1.06. The van der Waals surface area contributed by atoms with Crippen molar-refractivity contribution in [2.75, 3.05) is 0 Å². The van der Waals surface area contributed by atoms with Crippen LogP contribution in [-0.4, -0.2) is 11.9 Å². The number of esters is 2. The van der Waals surface area contributed by atoms with Gasteiger partial charge < -0.3 is 4.74 Å². The Morgan fingerprint density at radius 2 is 1.93 bits per heavy atom. The van der Waals surface area contributed by atoms with Gasteiger partial charge in [-0.2, -0.15) is 0 Å². The SMILES string of the molecule is O=C1Cc2c(Cl)cc(Cl)cc2C(=O)O1. The van der Waals surface area contributed by atoms with Crippen molar-refractivity contribution in [1.82, 2.24) is 0 Å². The Labute approximate surface area is 89.6 Å². The van der Waals surface area contributed by atoms with Crippen molar-refractivity contribution < 1.29 is 14.3 Å². The van der Waals surface area contributed by atoms with E-state index in [1.807, 2.05) is 0 Å². The van der Waals surface area contributed by atoms with E-state index >= 15 is 0 Å². The molecule has 1 aliphatic rings. The lowest BCUT2D eigenvalue weighted by molar-refractivity contribution is -0.137. The van der Waals surface area contributed by atoms with Crippen LogP contribution in [0.25, 0.3) is 0 Å². The molecule has 1 heterocycles. The van der Waals surface area contributed by atoms with Crippen LogP contribution in [0.3, 0.4) is 0 Å². The molecule has 5 heteroatoms. The Balaban J connectivity index is 2.64. The highest BCUT2D eigenvalue weighted by Crippen LogP contribution is 2.29. The monoisotopic (exact) mass is 230 g/mol. The van der Waals surface area contributed by atoms with Crippen molar-refractivity contribution in [3.05, 3.63) is 33.3 Å². The smallest absolute Gasteiger partial charge is 0.346 e. The topological polar surface area (TPSA) is 43.4 Å². The first kappa shape index (κ1) is 9.49. The van der Waals surface area contributed by atoms with Gasteiger partial charge in [0.25, 0.3) is 0 Å². The second-order valence-corrected chi connectivity index (χ2v) is 3.70. The summed E-state index contributed by atoms with van der Waals surface area (Å²) in [6.45, 7) is 0. The van der Waals surface area contributed by atoms with Crippen LogP contribution < -0.4 is 0 Å². The van der Waals surface area contributed by atoms with E-state index in [0.29, 0.717) is 15.6 Å². The summed E-state index contributed by atoms with van der Waals surface area (Å²) in [4.78, 5) is 22.2. The maximum Gasteiger partial charge on any atom is 0.346 e. The second-order valence-electron chi connectivity index (χ2n) is 2.85. The normalized spacial score (nSPS) is 15.0. The Kier molecular flexibility index (Phi) is 2.21. The fourth-order valence-electron chi connectivity index (χ4n) is 1.30. The number of hydrogen-bond donors (Lipinski definition) is 0. The van der Waals surface area contributed by atoms with Crippen LogP contribution in [0.1, 0.15) is 15.9 Å². The van der Waals surface area contributed by atoms with Crippen molar-refractivity contribution in [3.8, 4) is 0 Å². The standard InChI is InChI=1S/C9H4Cl2O3/c10-4-1-6-5(7(11)2-4)3-8(12)14-9(6)13/h1-2H,3H2. The van der Waals surface area contributed by atoms with Crippen LogP contribution >= 0.6 is 23.2 Å².